The lowest BCUT2D eigenvalue weighted by molar-refractivity contribution is 0.103. The molecule has 0 radical (unpaired) electrons. The third kappa shape index (κ3) is 4.55. The number of carbonyl (C=O) groups is 1. The molecule has 0 atom stereocenters. The molecule has 1 heterocycles. The zero-order valence-corrected chi connectivity index (χ0v) is 15.3. The molecule has 1 amide bonds. The van der Waals surface area contributed by atoms with E-state index in [2.05, 4.69) is 5.32 Å². The summed E-state index contributed by atoms with van der Waals surface area (Å²) in [5, 5.41) is 4.79. The number of ether oxygens (including phenoxy) is 3. The Kier molecular flexibility index (Phi) is 5.76. The van der Waals surface area contributed by atoms with Crippen molar-refractivity contribution in [1.29, 1.82) is 0 Å². The van der Waals surface area contributed by atoms with Gasteiger partial charge in [0.2, 0.25) is 0 Å². The lowest BCUT2D eigenvalue weighted by Gasteiger charge is -2.06. The van der Waals surface area contributed by atoms with E-state index in [0.717, 1.165) is 28.5 Å². The van der Waals surface area contributed by atoms with Gasteiger partial charge in [-0.15, -0.1) is 11.3 Å². The Bertz CT molecular complexity index is 856. The minimum atomic E-state index is -0.143. The summed E-state index contributed by atoms with van der Waals surface area (Å²) in [7, 11) is 3.23. The van der Waals surface area contributed by atoms with Crippen molar-refractivity contribution in [1.82, 2.24) is 0 Å². The van der Waals surface area contributed by atoms with Crippen molar-refractivity contribution >= 4 is 22.9 Å². The third-order valence-electron chi connectivity index (χ3n) is 3.69. The second kappa shape index (κ2) is 8.40. The second-order valence-electron chi connectivity index (χ2n) is 5.47. The van der Waals surface area contributed by atoms with Gasteiger partial charge in [-0.3, -0.25) is 4.79 Å². The summed E-state index contributed by atoms with van der Waals surface area (Å²) >= 11 is 1.39. The molecule has 3 aromatic rings. The highest BCUT2D eigenvalue weighted by Crippen LogP contribution is 2.22. The summed E-state index contributed by atoms with van der Waals surface area (Å²) in [5.41, 5.74) is 1.67. The summed E-state index contributed by atoms with van der Waals surface area (Å²) < 4.78 is 16.0. The topological polar surface area (TPSA) is 56.8 Å². The van der Waals surface area contributed by atoms with Crippen LogP contribution < -0.4 is 19.5 Å². The summed E-state index contributed by atoms with van der Waals surface area (Å²) in [6, 6.07) is 16.4. The number of methoxy groups -OCH3 is 2. The predicted octanol–water partition coefficient (Wildman–Crippen LogP) is 4.60. The maximum atomic E-state index is 12.3. The van der Waals surface area contributed by atoms with Crippen molar-refractivity contribution in [3.63, 3.8) is 0 Å². The van der Waals surface area contributed by atoms with Gasteiger partial charge in [0.15, 0.2) is 0 Å². The van der Waals surface area contributed by atoms with Crippen molar-refractivity contribution in [2.24, 2.45) is 0 Å². The number of hydrogen-bond donors (Lipinski definition) is 1. The van der Waals surface area contributed by atoms with Crippen LogP contribution in [0.25, 0.3) is 0 Å². The molecule has 0 aliphatic rings. The Balaban J connectivity index is 1.56. The number of benzene rings is 2. The van der Waals surface area contributed by atoms with E-state index < -0.39 is 0 Å². The average Bonchev–Trinajstić information content (AvgIpc) is 3.16. The Hall–Kier alpha value is -2.99. The summed E-state index contributed by atoms with van der Waals surface area (Å²) in [4.78, 5) is 13.0. The number of hydrogen-bond acceptors (Lipinski definition) is 5. The molecule has 0 aliphatic heterocycles. The standard InChI is InChI=1S/C20H19NO4S/c1-23-16-5-3-15(4-6-16)21-20(22)19-11-14(13-26-19)12-25-18-9-7-17(24-2)8-10-18/h3-11,13H,12H2,1-2H3,(H,21,22). The van der Waals surface area contributed by atoms with E-state index in [9.17, 15) is 4.79 Å². The number of rotatable bonds is 7. The third-order valence-corrected chi connectivity index (χ3v) is 4.67. The molecular weight excluding hydrogens is 350 g/mol. The molecule has 6 heteroatoms. The number of anilines is 1. The SMILES string of the molecule is COc1ccc(NC(=O)c2cc(COc3ccc(OC)cc3)cs2)cc1. The van der Waals surface area contributed by atoms with Crippen LogP contribution in [0.2, 0.25) is 0 Å². The van der Waals surface area contributed by atoms with Gasteiger partial charge in [-0.05, 0) is 60.0 Å². The molecule has 0 bridgehead atoms. The lowest BCUT2D eigenvalue weighted by Crippen LogP contribution is -2.10. The van der Waals surface area contributed by atoms with Gasteiger partial charge in [0.05, 0.1) is 19.1 Å². The van der Waals surface area contributed by atoms with Gasteiger partial charge in [-0.1, -0.05) is 0 Å². The van der Waals surface area contributed by atoms with Crippen LogP contribution in [-0.4, -0.2) is 20.1 Å². The van der Waals surface area contributed by atoms with Crippen molar-refractivity contribution < 1.29 is 19.0 Å². The highest BCUT2D eigenvalue weighted by molar-refractivity contribution is 7.12. The lowest BCUT2D eigenvalue weighted by atomic mass is 10.3. The van der Waals surface area contributed by atoms with Crippen LogP contribution in [0.5, 0.6) is 17.2 Å². The summed E-state index contributed by atoms with van der Waals surface area (Å²) in [5.74, 6) is 2.14. The van der Waals surface area contributed by atoms with Gasteiger partial charge in [0.1, 0.15) is 23.9 Å². The Morgan fingerprint density at radius 1 is 0.923 bits per heavy atom. The summed E-state index contributed by atoms with van der Waals surface area (Å²) in [6.45, 7) is 0.401. The highest BCUT2D eigenvalue weighted by atomic mass is 32.1. The summed E-state index contributed by atoms with van der Waals surface area (Å²) in [6.07, 6.45) is 0. The molecule has 0 unspecified atom stereocenters. The fourth-order valence-corrected chi connectivity index (χ4v) is 3.07. The molecule has 0 saturated carbocycles. The fourth-order valence-electron chi connectivity index (χ4n) is 2.28. The largest absolute Gasteiger partial charge is 0.497 e. The van der Waals surface area contributed by atoms with E-state index in [1.54, 1.807) is 38.5 Å². The first-order valence-corrected chi connectivity index (χ1v) is 8.85. The first-order chi connectivity index (χ1) is 12.7. The zero-order chi connectivity index (χ0) is 18.4. The normalized spacial score (nSPS) is 10.2. The molecule has 0 spiro atoms. The monoisotopic (exact) mass is 369 g/mol. The van der Waals surface area contributed by atoms with E-state index in [0.29, 0.717) is 11.5 Å². The minimum absolute atomic E-state index is 0.143. The quantitative estimate of drug-likeness (QED) is 0.661. The average molecular weight is 369 g/mol. The molecular formula is C20H19NO4S. The van der Waals surface area contributed by atoms with Crippen LogP contribution in [0.4, 0.5) is 5.69 Å². The molecule has 0 aliphatic carbocycles. The van der Waals surface area contributed by atoms with Gasteiger partial charge in [0.25, 0.3) is 5.91 Å². The predicted molar refractivity (Wildman–Crippen MR) is 103 cm³/mol. The van der Waals surface area contributed by atoms with Crippen molar-refractivity contribution in [2.75, 3.05) is 19.5 Å². The van der Waals surface area contributed by atoms with Gasteiger partial charge < -0.3 is 19.5 Å². The van der Waals surface area contributed by atoms with Gasteiger partial charge >= 0.3 is 0 Å². The molecule has 1 N–H and O–H groups in total. The highest BCUT2D eigenvalue weighted by Gasteiger charge is 2.10. The van der Waals surface area contributed by atoms with E-state index >= 15 is 0 Å². The number of nitrogens with one attached hydrogen (secondary N) is 1. The second-order valence-corrected chi connectivity index (χ2v) is 6.38. The van der Waals surface area contributed by atoms with Crippen molar-refractivity contribution in [3.8, 4) is 17.2 Å². The van der Waals surface area contributed by atoms with E-state index in [4.69, 9.17) is 14.2 Å². The smallest absolute Gasteiger partial charge is 0.265 e. The van der Waals surface area contributed by atoms with Crippen molar-refractivity contribution in [3.05, 3.63) is 70.4 Å². The maximum absolute atomic E-state index is 12.3. The van der Waals surface area contributed by atoms with Gasteiger partial charge in [-0.25, -0.2) is 0 Å². The number of amides is 1. The van der Waals surface area contributed by atoms with Gasteiger partial charge in [0, 0.05) is 11.3 Å². The Labute approximate surface area is 156 Å². The van der Waals surface area contributed by atoms with E-state index in [1.807, 2.05) is 35.7 Å². The maximum Gasteiger partial charge on any atom is 0.265 e. The van der Waals surface area contributed by atoms with E-state index in [-0.39, 0.29) is 5.91 Å². The van der Waals surface area contributed by atoms with Crippen LogP contribution in [0.1, 0.15) is 15.2 Å². The zero-order valence-electron chi connectivity index (χ0n) is 14.5. The van der Waals surface area contributed by atoms with Crippen LogP contribution >= 0.6 is 11.3 Å². The number of thiophene rings is 1. The molecule has 0 saturated heterocycles. The molecule has 26 heavy (non-hydrogen) atoms. The number of carbonyl (C=O) groups excluding carboxylic acids is 1. The molecule has 134 valence electrons. The molecule has 3 rings (SSSR count). The first-order valence-electron chi connectivity index (χ1n) is 7.97. The van der Waals surface area contributed by atoms with Gasteiger partial charge in [-0.2, -0.15) is 0 Å². The van der Waals surface area contributed by atoms with Crippen LogP contribution in [0.15, 0.2) is 60.0 Å². The Morgan fingerprint density at radius 2 is 1.50 bits per heavy atom. The first kappa shape index (κ1) is 17.8. The van der Waals surface area contributed by atoms with Crippen LogP contribution in [0.3, 0.4) is 0 Å². The molecule has 0 fully saturated rings. The van der Waals surface area contributed by atoms with Crippen LogP contribution in [0, 0.1) is 0 Å². The van der Waals surface area contributed by atoms with Crippen molar-refractivity contribution in [2.45, 2.75) is 6.61 Å². The molecule has 1 aromatic heterocycles. The van der Waals surface area contributed by atoms with E-state index in [1.165, 1.54) is 11.3 Å². The fraction of sp³-hybridized carbons (Fsp3) is 0.150. The minimum Gasteiger partial charge on any atom is -0.497 e. The Morgan fingerprint density at radius 3 is 2.12 bits per heavy atom. The molecule has 2 aromatic carbocycles. The van der Waals surface area contributed by atoms with Crippen LogP contribution in [-0.2, 0) is 6.61 Å². The molecule has 5 nitrogen and oxygen atoms in total.